The molecule has 9 nitrogen and oxygen atoms in total. The van der Waals surface area contributed by atoms with Gasteiger partial charge in [-0.25, -0.2) is 9.37 Å². The fourth-order valence-corrected chi connectivity index (χ4v) is 4.85. The van der Waals surface area contributed by atoms with E-state index in [9.17, 15) is 27.2 Å². The quantitative estimate of drug-likeness (QED) is 0.449. The first kappa shape index (κ1) is 28.5. The van der Waals surface area contributed by atoms with Crippen molar-refractivity contribution in [2.45, 2.75) is 51.4 Å². The number of nitrogens with zero attached hydrogens (tertiary/aromatic N) is 4. The van der Waals surface area contributed by atoms with Crippen LogP contribution in [-0.2, 0) is 11.0 Å². The molecule has 3 N–H and O–H groups in total. The molecule has 1 aromatic heterocycles. The van der Waals surface area contributed by atoms with Crippen LogP contribution in [0.4, 0.5) is 35.0 Å². The molecular weight excluding hydrogens is 518 g/mol. The minimum atomic E-state index is -4.73. The highest BCUT2D eigenvalue weighted by Gasteiger charge is 2.39. The molecule has 4 rings (SSSR count). The lowest BCUT2D eigenvalue weighted by atomic mass is 10.0. The maximum absolute atomic E-state index is 14.9. The van der Waals surface area contributed by atoms with Gasteiger partial charge >= 0.3 is 6.18 Å². The molecule has 2 aromatic rings. The van der Waals surface area contributed by atoms with Crippen LogP contribution in [-0.4, -0.2) is 76.9 Å². The molecule has 1 saturated carbocycles. The lowest BCUT2D eigenvalue weighted by molar-refractivity contribution is -0.137. The largest absolute Gasteiger partial charge is 0.421 e. The van der Waals surface area contributed by atoms with Gasteiger partial charge in [0.05, 0.1) is 11.5 Å². The second-order valence-corrected chi connectivity index (χ2v) is 10.3. The maximum atomic E-state index is 14.9. The Bertz CT molecular complexity index is 1200. The van der Waals surface area contributed by atoms with E-state index in [4.69, 9.17) is 0 Å². The second-order valence-electron chi connectivity index (χ2n) is 10.3. The predicted molar refractivity (Wildman–Crippen MR) is 138 cm³/mol. The van der Waals surface area contributed by atoms with E-state index in [-0.39, 0.29) is 29.1 Å². The normalized spacial score (nSPS) is 20.3. The van der Waals surface area contributed by atoms with Crippen LogP contribution in [0.5, 0.6) is 0 Å². The van der Waals surface area contributed by atoms with Gasteiger partial charge in [-0.2, -0.15) is 18.2 Å². The number of likely N-dealkylation sites (N-methyl/N-ethyl adjacent to an activating group) is 1. The standard InChI is InChI=1S/C26H33F4N7O2/c1-15(2)32-23(38)18-5-4-6-21(18)34-22-19(26(28,29)30)14-31-25(35-22)33-16-7-8-17(20(27)13-16)24(39)37-11-9-36(3)10-12-37/h7-8,13-15,18,21H,4-6,9-12H2,1-3H3,(H,32,38)(H2,31,33,34,35)/t18-,21+/m0/s1. The Morgan fingerprint density at radius 2 is 1.82 bits per heavy atom. The number of carbonyl (C=O) groups is 2. The van der Waals surface area contributed by atoms with Gasteiger partial charge in [-0.1, -0.05) is 6.42 Å². The van der Waals surface area contributed by atoms with E-state index in [0.29, 0.717) is 51.6 Å². The number of amides is 2. The number of hydrogen-bond donors (Lipinski definition) is 3. The number of alkyl halides is 3. The highest BCUT2D eigenvalue weighted by molar-refractivity contribution is 5.95. The number of rotatable bonds is 7. The number of halogens is 4. The number of carbonyl (C=O) groups excluding carboxylic acids is 2. The van der Waals surface area contributed by atoms with Crippen molar-refractivity contribution in [3.05, 3.63) is 41.3 Å². The Balaban J connectivity index is 1.52. The molecule has 1 aliphatic carbocycles. The lowest BCUT2D eigenvalue weighted by Crippen LogP contribution is -2.47. The summed E-state index contributed by atoms with van der Waals surface area (Å²) in [6, 6.07) is 3.23. The third-order valence-electron chi connectivity index (χ3n) is 6.95. The SMILES string of the molecule is CC(C)NC(=O)[C@H]1CCC[C@H]1Nc1nc(Nc2ccc(C(=O)N3CCN(C)CC3)c(F)c2)ncc1C(F)(F)F. The van der Waals surface area contributed by atoms with E-state index in [1.54, 1.807) is 4.90 Å². The summed E-state index contributed by atoms with van der Waals surface area (Å²) < 4.78 is 56.1. The molecule has 0 spiro atoms. The van der Waals surface area contributed by atoms with Gasteiger partial charge in [0.1, 0.15) is 17.2 Å². The average molecular weight is 552 g/mol. The zero-order valence-electron chi connectivity index (χ0n) is 22.1. The maximum Gasteiger partial charge on any atom is 0.421 e. The van der Waals surface area contributed by atoms with E-state index >= 15 is 0 Å². The molecule has 2 atom stereocenters. The van der Waals surface area contributed by atoms with E-state index < -0.39 is 41.2 Å². The third kappa shape index (κ3) is 6.94. The van der Waals surface area contributed by atoms with E-state index in [0.717, 1.165) is 6.07 Å². The van der Waals surface area contributed by atoms with Crippen molar-refractivity contribution >= 4 is 29.3 Å². The number of aromatic nitrogens is 2. The Labute approximate surface area is 224 Å². The lowest BCUT2D eigenvalue weighted by Gasteiger charge is -2.32. The predicted octanol–water partition coefficient (Wildman–Crippen LogP) is 3.87. The van der Waals surface area contributed by atoms with Crippen molar-refractivity contribution in [1.29, 1.82) is 0 Å². The van der Waals surface area contributed by atoms with E-state index in [1.807, 2.05) is 20.9 Å². The monoisotopic (exact) mass is 551 g/mol. The molecule has 1 aromatic carbocycles. The first-order valence-corrected chi connectivity index (χ1v) is 13.0. The number of nitrogens with one attached hydrogen (secondary N) is 3. The van der Waals surface area contributed by atoms with Gasteiger partial charge in [0.2, 0.25) is 11.9 Å². The first-order valence-electron chi connectivity index (χ1n) is 13.0. The fraction of sp³-hybridized carbons (Fsp3) is 0.538. The number of hydrogen-bond acceptors (Lipinski definition) is 7. The molecule has 1 saturated heterocycles. The molecule has 0 unspecified atom stereocenters. The first-order chi connectivity index (χ1) is 18.4. The molecule has 0 bridgehead atoms. The summed E-state index contributed by atoms with van der Waals surface area (Å²) in [6.07, 6.45) is -2.34. The second kappa shape index (κ2) is 11.7. The van der Waals surface area contributed by atoms with Crippen LogP contribution in [0, 0.1) is 11.7 Å². The van der Waals surface area contributed by atoms with Crippen molar-refractivity contribution in [3.63, 3.8) is 0 Å². The van der Waals surface area contributed by atoms with Crippen molar-refractivity contribution in [2.75, 3.05) is 43.9 Å². The highest BCUT2D eigenvalue weighted by atomic mass is 19.4. The van der Waals surface area contributed by atoms with Gasteiger partial charge in [0, 0.05) is 50.1 Å². The van der Waals surface area contributed by atoms with Crippen molar-refractivity contribution in [3.8, 4) is 0 Å². The molecule has 1 aliphatic heterocycles. The van der Waals surface area contributed by atoms with Crippen LogP contribution in [0.15, 0.2) is 24.4 Å². The Morgan fingerprint density at radius 1 is 1.10 bits per heavy atom. The fourth-order valence-electron chi connectivity index (χ4n) is 4.85. The van der Waals surface area contributed by atoms with Gasteiger partial charge in [-0.05, 0) is 51.9 Å². The smallest absolute Gasteiger partial charge is 0.366 e. The van der Waals surface area contributed by atoms with Crippen LogP contribution < -0.4 is 16.0 Å². The molecular formula is C26H33F4N7O2. The number of piperazine rings is 1. The molecule has 2 fully saturated rings. The van der Waals surface area contributed by atoms with Gasteiger partial charge < -0.3 is 25.8 Å². The summed E-state index contributed by atoms with van der Waals surface area (Å²) in [7, 11) is 1.95. The molecule has 13 heteroatoms. The van der Waals surface area contributed by atoms with E-state index in [2.05, 4.69) is 30.8 Å². The Morgan fingerprint density at radius 3 is 2.46 bits per heavy atom. The van der Waals surface area contributed by atoms with E-state index in [1.165, 1.54) is 12.1 Å². The molecule has 2 amide bonds. The summed E-state index contributed by atoms with van der Waals surface area (Å²) >= 11 is 0. The zero-order valence-corrected chi connectivity index (χ0v) is 22.1. The summed E-state index contributed by atoms with van der Waals surface area (Å²) in [5.74, 6) is -2.56. The van der Waals surface area contributed by atoms with Crippen LogP contribution in [0.1, 0.15) is 49.0 Å². The van der Waals surface area contributed by atoms with Gasteiger partial charge in [0.15, 0.2) is 0 Å². The number of anilines is 3. The Hall–Kier alpha value is -3.48. The summed E-state index contributed by atoms with van der Waals surface area (Å²) in [4.78, 5) is 36.8. The van der Waals surface area contributed by atoms with Gasteiger partial charge in [-0.15, -0.1) is 0 Å². The molecule has 0 radical (unpaired) electrons. The molecule has 39 heavy (non-hydrogen) atoms. The van der Waals surface area contributed by atoms with Crippen molar-refractivity contribution in [2.24, 2.45) is 5.92 Å². The highest BCUT2D eigenvalue weighted by Crippen LogP contribution is 2.37. The summed E-state index contributed by atoms with van der Waals surface area (Å²) in [5, 5.41) is 8.36. The minimum absolute atomic E-state index is 0.0901. The van der Waals surface area contributed by atoms with Crippen LogP contribution >= 0.6 is 0 Å². The van der Waals surface area contributed by atoms with Crippen LogP contribution in [0.25, 0.3) is 0 Å². The minimum Gasteiger partial charge on any atom is -0.366 e. The topological polar surface area (TPSA) is 102 Å². The van der Waals surface area contributed by atoms with Gasteiger partial charge in [-0.3, -0.25) is 9.59 Å². The van der Waals surface area contributed by atoms with Crippen molar-refractivity contribution < 1.29 is 27.2 Å². The summed E-state index contributed by atoms with van der Waals surface area (Å²) in [6.45, 7) is 6.00. The number of benzene rings is 1. The van der Waals surface area contributed by atoms with Crippen molar-refractivity contribution in [1.82, 2.24) is 25.1 Å². The molecule has 2 aliphatic rings. The van der Waals surface area contributed by atoms with Crippen LogP contribution in [0.3, 0.4) is 0 Å². The summed E-state index contributed by atoms with van der Waals surface area (Å²) in [5.41, 5.74) is -0.988. The van der Waals surface area contributed by atoms with Gasteiger partial charge in [0.25, 0.3) is 5.91 Å². The molecule has 212 valence electrons. The Kier molecular flexibility index (Phi) is 8.57. The third-order valence-corrected chi connectivity index (χ3v) is 6.95. The van der Waals surface area contributed by atoms with Crippen LogP contribution in [0.2, 0.25) is 0 Å². The average Bonchev–Trinajstić information content (AvgIpc) is 3.31. The molecule has 2 heterocycles. The zero-order chi connectivity index (χ0) is 28.3.